The van der Waals surface area contributed by atoms with Gasteiger partial charge in [0.25, 0.3) is 0 Å². The van der Waals surface area contributed by atoms with Gasteiger partial charge in [-0.25, -0.2) is 15.0 Å². The number of halogens is 1. The maximum atomic E-state index is 9.67. The largest absolute Gasteiger partial charge is 0.493 e. The summed E-state index contributed by atoms with van der Waals surface area (Å²) in [6, 6.07) is 3.90. The second kappa shape index (κ2) is 7.62. The van der Waals surface area contributed by atoms with E-state index >= 15 is 0 Å². The lowest BCUT2D eigenvalue weighted by Gasteiger charge is -2.32. The number of hydrogen-bond donors (Lipinski definition) is 3. The van der Waals surface area contributed by atoms with E-state index in [2.05, 4.69) is 36.6 Å². The summed E-state index contributed by atoms with van der Waals surface area (Å²) in [7, 11) is 0. The van der Waals surface area contributed by atoms with Gasteiger partial charge in [0.15, 0.2) is 11.5 Å². The van der Waals surface area contributed by atoms with Crippen LogP contribution < -0.4 is 15.4 Å². The highest BCUT2D eigenvalue weighted by Gasteiger charge is 2.30. The van der Waals surface area contributed by atoms with Crippen molar-refractivity contribution in [3.05, 3.63) is 40.4 Å². The van der Waals surface area contributed by atoms with Crippen LogP contribution in [0.5, 0.6) is 5.75 Å². The normalized spacial score (nSPS) is 15.1. The number of imidazole rings is 1. The minimum atomic E-state index is -0.167. The molecule has 1 aromatic carbocycles. The molecule has 1 aliphatic rings. The predicted molar refractivity (Wildman–Crippen MR) is 107 cm³/mol. The predicted octanol–water partition coefficient (Wildman–Crippen LogP) is 3.14. The molecule has 0 amide bonds. The summed E-state index contributed by atoms with van der Waals surface area (Å²) >= 11 is 6.49. The number of benzene rings is 1. The van der Waals surface area contributed by atoms with Crippen LogP contribution in [0, 0.1) is 11.3 Å². The Hall–Kier alpha value is -2.89. The number of ether oxygens (including phenoxy) is 1. The van der Waals surface area contributed by atoms with E-state index in [9.17, 15) is 5.26 Å². The molecule has 4 rings (SSSR count). The number of nitrogens with one attached hydrogen (secondary N) is 3. The molecule has 3 heterocycles. The molecule has 1 atom stereocenters. The number of fused-ring (bicyclic) bond motifs is 1. The Kier molecular flexibility index (Phi) is 5.03. The molecule has 144 valence electrons. The monoisotopic (exact) mass is 397 g/mol. The summed E-state index contributed by atoms with van der Waals surface area (Å²) in [5.41, 5.74) is 3.59. The Morgan fingerprint density at radius 3 is 2.89 bits per heavy atom. The highest BCUT2D eigenvalue weighted by Crippen LogP contribution is 2.42. The minimum absolute atomic E-state index is 0.167. The van der Waals surface area contributed by atoms with Gasteiger partial charge < -0.3 is 20.4 Å². The summed E-state index contributed by atoms with van der Waals surface area (Å²) in [6.07, 6.45) is 3.06. The fourth-order valence-electron chi connectivity index (χ4n) is 3.45. The van der Waals surface area contributed by atoms with Gasteiger partial charge in [0, 0.05) is 30.1 Å². The second-order valence-corrected chi connectivity index (χ2v) is 7.06. The van der Waals surface area contributed by atoms with E-state index in [0.29, 0.717) is 28.7 Å². The van der Waals surface area contributed by atoms with Gasteiger partial charge >= 0.3 is 0 Å². The van der Waals surface area contributed by atoms with Gasteiger partial charge in [-0.2, -0.15) is 5.26 Å². The number of anilines is 1. The van der Waals surface area contributed by atoms with Crippen molar-refractivity contribution in [1.82, 2.24) is 25.3 Å². The first-order valence-corrected chi connectivity index (χ1v) is 9.52. The third-order valence-corrected chi connectivity index (χ3v) is 5.23. The first kappa shape index (κ1) is 18.5. The average Bonchev–Trinajstić information content (AvgIpc) is 3.12. The van der Waals surface area contributed by atoms with Gasteiger partial charge in [-0.05, 0) is 19.9 Å². The number of nitriles is 1. The molecule has 1 fully saturated rings. The third kappa shape index (κ3) is 3.13. The van der Waals surface area contributed by atoms with Crippen LogP contribution in [0.1, 0.15) is 42.5 Å². The number of hydrogen-bond acceptors (Lipinski definition) is 7. The Bertz CT molecular complexity index is 1050. The average molecular weight is 398 g/mol. The van der Waals surface area contributed by atoms with Crippen LogP contribution in [0.4, 0.5) is 5.82 Å². The smallest absolute Gasteiger partial charge is 0.182 e. The maximum Gasteiger partial charge on any atom is 0.182 e. The summed E-state index contributed by atoms with van der Waals surface area (Å²) in [5.74, 6) is 1.58. The summed E-state index contributed by atoms with van der Waals surface area (Å²) in [4.78, 5) is 15.7. The van der Waals surface area contributed by atoms with E-state index in [4.69, 9.17) is 16.3 Å². The molecule has 9 heteroatoms. The van der Waals surface area contributed by atoms with Crippen LogP contribution in [0.25, 0.3) is 11.2 Å². The molecule has 3 aromatic rings. The molecule has 0 bridgehead atoms. The molecule has 1 saturated heterocycles. The van der Waals surface area contributed by atoms with Crippen LogP contribution in [0.3, 0.4) is 0 Å². The van der Waals surface area contributed by atoms with E-state index in [1.807, 2.05) is 19.9 Å². The van der Waals surface area contributed by atoms with Crippen molar-refractivity contribution in [1.29, 1.82) is 5.26 Å². The molecule has 1 unspecified atom stereocenters. The lowest BCUT2D eigenvalue weighted by Crippen LogP contribution is -2.40. The molecule has 2 aromatic heterocycles. The van der Waals surface area contributed by atoms with Gasteiger partial charge in [-0.3, -0.25) is 0 Å². The summed E-state index contributed by atoms with van der Waals surface area (Å²) < 4.78 is 6.02. The zero-order chi connectivity index (χ0) is 19.7. The molecule has 8 nitrogen and oxygen atoms in total. The Balaban J connectivity index is 1.78. The molecule has 1 aliphatic heterocycles. The molecule has 0 aliphatic carbocycles. The number of H-pyrrole nitrogens is 1. The molecular weight excluding hydrogens is 378 g/mol. The van der Waals surface area contributed by atoms with E-state index in [1.165, 1.54) is 6.33 Å². The zero-order valence-corrected chi connectivity index (χ0v) is 16.3. The number of aromatic nitrogens is 4. The highest BCUT2D eigenvalue weighted by atomic mass is 35.5. The van der Waals surface area contributed by atoms with Gasteiger partial charge in [0.2, 0.25) is 0 Å². The Labute approximate surface area is 167 Å². The Morgan fingerprint density at radius 2 is 2.21 bits per heavy atom. The SMILES string of the molecule is CCOc1c(C(C)Nc2ncnc3nc[nH]c23)cc(Cl)c(C#N)c1C1CNC1. The zero-order valence-electron chi connectivity index (χ0n) is 15.6. The van der Waals surface area contributed by atoms with Gasteiger partial charge in [-0.1, -0.05) is 11.6 Å². The van der Waals surface area contributed by atoms with Crippen LogP contribution in [-0.2, 0) is 0 Å². The fourth-order valence-corrected chi connectivity index (χ4v) is 3.71. The summed E-state index contributed by atoms with van der Waals surface area (Å²) in [6.45, 7) is 6.04. The lowest BCUT2D eigenvalue weighted by atomic mass is 9.86. The van der Waals surface area contributed by atoms with Crippen LogP contribution >= 0.6 is 11.6 Å². The first-order chi connectivity index (χ1) is 13.6. The van der Waals surface area contributed by atoms with Gasteiger partial charge in [0.05, 0.1) is 29.6 Å². The van der Waals surface area contributed by atoms with Crippen molar-refractivity contribution in [2.45, 2.75) is 25.8 Å². The second-order valence-electron chi connectivity index (χ2n) is 6.65. The van der Waals surface area contributed by atoms with E-state index < -0.39 is 0 Å². The Morgan fingerprint density at radius 1 is 1.39 bits per heavy atom. The maximum absolute atomic E-state index is 9.67. The van der Waals surface area contributed by atoms with Crippen LogP contribution in [-0.4, -0.2) is 39.6 Å². The molecule has 28 heavy (non-hydrogen) atoms. The highest BCUT2D eigenvalue weighted by molar-refractivity contribution is 6.32. The number of aromatic amines is 1. The standard InChI is InChI=1S/C19H20ClN7O/c1-3-28-17-12(4-14(20)13(5-21)15(17)11-6-22-7-11)10(2)27-19-16-18(24-8-23-16)25-9-26-19/h4,8-11,22H,3,6-7H2,1-2H3,(H2,23,24,25,26,27). The van der Waals surface area contributed by atoms with Crippen molar-refractivity contribution in [3.8, 4) is 11.8 Å². The van der Waals surface area contributed by atoms with E-state index in [0.717, 1.165) is 35.5 Å². The number of nitrogens with zero attached hydrogens (tertiary/aromatic N) is 4. The van der Waals surface area contributed by atoms with E-state index in [-0.39, 0.29) is 12.0 Å². The molecule has 0 spiro atoms. The number of rotatable bonds is 6. The van der Waals surface area contributed by atoms with Gasteiger partial charge in [0.1, 0.15) is 23.7 Å². The molecule has 0 saturated carbocycles. The third-order valence-electron chi connectivity index (χ3n) is 4.93. The first-order valence-electron chi connectivity index (χ1n) is 9.14. The van der Waals surface area contributed by atoms with Gasteiger partial charge in [-0.15, -0.1) is 0 Å². The van der Waals surface area contributed by atoms with Crippen molar-refractivity contribution in [2.24, 2.45) is 0 Å². The van der Waals surface area contributed by atoms with Crippen molar-refractivity contribution in [3.63, 3.8) is 0 Å². The lowest BCUT2D eigenvalue weighted by molar-refractivity contribution is 0.322. The molecular formula is C19H20ClN7O. The molecule has 3 N–H and O–H groups in total. The topological polar surface area (TPSA) is 112 Å². The summed E-state index contributed by atoms with van der Waals surface area (Å²) in [5, 5.41) is 16.7. The minimum Gasteiger partial charge on any atom is -0.493 e. The molecule has 0 radical (unpaired) electrons. The van der Waals surface area contributed by atoms with Crippen LogP contribution in [0.15, 0.2) is 18.7 Å². The fraction of sp³-hybridized carbons (Fsp3) is 0.368. The van der Waals surface area contributed by atoms with Crippen molar-refractivity contribution >= 4 is 28.6 Å². The van der Waals surface area contributed by atoms with Crippen molar-refractivity contribution in [2.75, 3.05) is 25.0 Å². The quantitative estimate of drug-likeness (QED) is 0.585. The van der Waals surface area contributed by atoms with Crippen molar-refractivity contribution < 1.29 is 4.74 Å². The van der Waals surface area contributed by atoms with E-state index in [1.54, 1.807) is 6.33 Å². The van der Waals surface area contributed by atoms with Crippen LogP contribution in [0.2, 0.25) is 5.02 Å².